The van der Waals surface area contributed by atoms with Gasteiger partial charge in [0.25, 0.3) is 15.9 Å². The molecule has 48 heavy (non-hydrogen) atoms. The van der Waals surface area contributed by atoms with Crippen LogP contribution in [0.15, 0.2) is 76.4 Å². The van der Waals surface area contributed by atoms with E-state index in [2.05, 4.69) is 15.2 Å². The van der Waals surface area contributed by atoms with Crippen LogP contribution in [-0.4, -0.2) is 76.1 Å². The monoisotopic (exact) mass is 711 g/mol. The summed E-state index contributed by atoms with van der Waals surface area (Å²) in [5.41, 5.74) is 0.203. The number of fused-ring (bicyclic) bond motifs is 1. The van der Waals surface area contributed by atoms with E-state index in [1.54, 1.807) is 19.4 Å². The van der Waals surface area contributed by atoms with Crippen molar-refractivity contribution >= 4 is 44.8 Å². The normalized spacial score (nSPS) is 21.9. The lowest BCUT2D eigenvalue weighted by atomic mass is 9.80. The van der Waals surface area contributed by atoms with Gasteiger partial charge in [0.15, 0.2) is 5.54 Å². The molecule has 0 saturated carbocycles. The summed E-state index contributed by atoms with van der Waals surface area (Å²) < 4.78 is 47.2. The molecule has 3 aromatic carbocycles. The first-order chi connectivity index (χ1) is 23.2. The molecule has 0 spiro atoms. The predicted molar refractivity (Wildman–Crippen MR) is 181 cm³/mol. The Morgan fingerprint density at radius 3 is 2.42 bits per heavy atom. The van der Waals surface area contributed by atoms with Crippen LogP contribution in [0.2, 0.25) is 10.0 Å². The highest BCUT2D eigenvalue weighted by atomic mass is 35.5. The zero-order chi connectivity index (χ0) is 33.6. The first kappa shape index (κ1) is 32.9. The summed E-state index contributed by atoms with van der Waals surface area (Å²) in [6, 6.07) is 14.3. The molecule has 1 N–H and O–H groups in total. The Bertz CT molecular complexity index is 1940. The van der Waals surface area contributed by atoms with Gasteiger partial charge < -0.3 is 19.2 Å². The topological polar surface area (TPSA) is 117 Å². The standard InChI is InChI=1S/C34H35Cl2N5O6S/c1-45-23-6-8-24(9-7-23)48(43,44)41-30-20-28(36)27(35)19-25(30)34(33(41)42,40-14-3-4-29(40)32-38-13-17-47-32)26-18-22(5-10-31(26)46-2)21-39-15-11-37-12-16-39/h5-10,13,17-20,29,37H,3-4,11-12,14-16,21H2,1-2H3/t29-,34?/m0/s1. The maximum atomic E-state index is 15.6. The molecule has 2 fully saturated rings. The molecule has 4 heterocycles. The zero-order valence-corrected chi connectivity index (χ0v) is 28.8. The van der Waals surface area contributed by atoms with E-state index in [4.69, 9.17) is 37.1 Å². The second-order valence-electron chi connectivity index (χ2n) is 12.0. The van der Waals surface area contributed by atoms with Crippen LogP contribution in [0.3, 0.4) is 0 Å². The van der Waals surface area contributed by atoms with E-state index in [1.165, 1.54) is 43.7 Å². The Hall–Kier alpha value is -3.65. The van der Waals surface area contributed by atoms with Gasteiger partial charge in [-0.1, -0.05) is 29.3 Å². The highest BCUT2D eigenvalue weighted by Crippen LogP contribution is 2.57. The Labute approximate surface area is 289 Å². The van der Waals surface area contributed by atoms with Gasteiger partial charge in [-0.05, 0) is 66.9 Å². The molecule has 14 heteroatoms. The number of likely N-dealkylation sites (tertiary alicyclic amines) is 1. The third-order valence-corrected chi connectivity index (χ3v) is 11.9. The van der Waals surface area contributed by atoms with E-state index in [9.17, 15) is 8.42 Å². The number of piperazine rings is 1. The third-order valence-electron chi connectivity index (χ3n) is 9.43. The zero-order valence-electron chi connectivity index (χ0n) is 26.5. The molecule has 3 aliphatic heterocycles. The number of oxazole rings is 1. The number of halogens is 2. The van der Waals surface area contributed by atoms with Crippen molar-refractivity contribution in [3.63, 3.8) is 0 Å². The molecule has 2 saturated heterocycles. The average molecular weight is 713 g/mol. The van der Waals surface area contributed by atoms with Gasteiger partial charge in [0.1, 0.15) is 17.8 Å². The van der Waals surface area contributed by atoms with Crippen molar-refractivity contribution in [2.24, 2.45) is 0 Å². The second kappa shape index (κ2) is 13.0. The van der Waals surface area contributed by atoms with Crippen molar-refractivity contribution < 1.29 is 27.1 Å². The molecule has 3 aliphatic rings. The summed E-state index contributed by atoms with van der Waals surface area (Å²) in [7, 11) is -1.45. The third kappa shape index (κ3) is 5.35. The molecule has 1 aromatic heterocycles. The number of hydrogen-bond acceptors (Lipinski definition) is 10. The van der Waals surface area contributed by atoms with Gasteiger partial charge >= 0.3 is 0 Å². The molecule has 1 unspecified atom stereocenters. The van der Waals surface area contributed by atoms with Gasteiger partial charge in [-0.2, -0.15) is 0 Å². The van der Waals surface area contributed by atoms with Crippen molar-refractivity contribution in [1.29, 1.82) is 0 Å². The molecular formula is C34H35Cl2N5O6S. The molecule has 1 amide bonds. The minimum Gasteiger partial charge on any atom is -0.497 e. The summed E-state index contributed by atoms with van der Waals surface area (Å²) in [6.45, 7) is 4.56. The number of amides is 1. The lowest BCUT2D eigenvalue weighted by molar-refractivity contribution is -0.127. The molecular weight excluding hydrogens is 677 g/mol. The number of benzene rings is 3. The fourth-order valence-electron chi connectivity index (χ4n) is 7.24. The van der Waals surface area contributed by atoms with Gasteiger partial charge in [-0.15, -0.1) is 0 Å². The minimum atomic E-state index is -4.48. The summed E-state index contributed by atoms with van der Waals surface area (Å²) >= 11 is 13.3. The van der Waals surface area contributed by atoms with Crippen LogP contribution in [-0.2, 0) is 26.9 Å². The van der Waals surface area contributed by atoms with Crippen LogP contribution >= 0.6 is 23.2 Å². The summed E-state index contributed by atoms with van der Waals surface area (Å²) in [5, 5.41) is 3.67. The number of rotatable bonds is 9. The van der Waals surface area contributed by atoms with Gasteiger partial charge in [0, 0.05) is 50.4 Å². The molecule has 0 radical (unpaired) electrons. The molecule has 2 atom stereocenters. The largest absolute Gasteiger partial charge is 0.497 e. The van der Waals surface area contributed by atoms with Crippen LogP contribution in [0.4, 0.5) is 5.69 Å². The smallest absolute Gasteiger partial charge is 0.271 e. The maximum Gasteiger partial charge on any atom is 0.271 e. The molecule has 11 nitrogen and oxygen atoms in total. The number of carbonyl (C=O) groups excluding carboxylic acids is 1. The summed E-state index contributed by atoms with van der Waals surface area (Å²) in [4.78, 5) is 24.3. The Morgan fingerprint density at radius 1 is 0.979 bits per heavy atom. The number of anilines is 1. The number of methoxy groups -OCH3 is 2. The van der Waals surface area contributed by atoms with E-state index in [0.717, 1.165) is 36.0 Å². The molecule has 252 valence electrons. The molecule has 4 aromatic rings. The Morgan fingerprint density at radius 2 is 1.73 bits per heavy atom. The Kier molecular flexibility index (Phi) is 8.90. The quantitative estimate of drug-likeness (QED) is 0.248. The fourth-order valence-corrected chi connectivity index (χ4v) is 9.01. The van der Waals surface area contributed by atoms with E-state index in [1.807, 2.05) is 23.1 Å². The lowest BCUT2D eigenvalue weighted by Crippen LogP contribution is -2.54. The number of aromatic nitrogens is 1. The van der Waals surface area contributed by atoms with Crippen molar-refractivity contribution in [2.75, 3.05) is 51.2 Å². The predicted octanol–water partition coefficient (Wildman–Crippen LogP) is 5.22. The minimum absolute atomic E-state index is 0.0884. The number of carbonyl (C=O) groups is 1. The Balaban J connectivity index is 1.50. The van der Waals surface area contributed by atoms with Crippen molar-refractivity contribution in [2.45, 2.75) is 35.9 Å². The highest BCUT2D eigenvalue weighted by Gasteiger charge is 2.63. The average Bonchev–Trinajstić information content (AvgIpc) is 3.85. The molecule has 0 bridgehead atoms. The van der Waals surface area contributed by atoms with Crippen LogP contribution in [0.1, 0.15) is 41.5 Å². The van der Waals surface area contributed by atoms with Crippen LogP contribution in [0, 0.1) is 0 Å². The number of sulfonamides is 1. The van der Waals surface area contributed by atoms with Crippen molar-refractivity contribution in [3.05, 3.63) is 99.7 Å². The SMILES string of the molecule is COc1ccc(S(=O)(=O)N2C(=O)C(c3cc(CN4CCNCC4)ccc3OC)(N3CCC[C@H]3c3ncco3)c3cc(Cl)c(Cl)cc32)cc1. The van der Waals surface area contributed by atoms with E-state index in [0.29, 0.717) is 54.4 Å². The van der Waals surface area contributed by atoms with E-state index >= 15 is 4.79 Å². The van der Waals surface area contributed by atoms with Crippen LogP contribution in [0.5, 0.6) is 11.5 Å². The summed E-state index contributed by atoms with van der Waals surface area (Å²) in [6.07, 6.45) is 4.39. The van der Waals surface area contributed by atoms with Crippen LogP contribution in [0.25, 0.3) is 0 Å². The van der Waals surface area contributed by atoms with Gasteiger partial charge in [-0.25, -0.2) is 17.7 Å². The van der Waals surface area contributed by atoms with Gasteiger partial charge in [-0.3, -0.25) is 14.6 Å². The lowest BCUT2D eigenvalue weighted by Gasteiger charge is -2.41. The molecule has 7 rings (SSSR count). The second-order valence-corrected chi connectivity index (χ2v) is 14.6. The highest BCUT2D eigenvalue weighted by molar-refractivity contribution is 7.93. The maximum absolute atomic E-state index is 15.6. The van der Waals surface area contributed by atoms with Crippen LogP contribution < -0.4 is 19.1 Å². The number of ether oxygens (including phenoxy) is 2. The van der Waals surface area contributed by atoms with E-state index in [-0.39, 0.29) is 20.6 Å². The fraction of sp³-hybridized carbons (Fsp3) is 0.353. The van der Waals surface area contributed by atoms with E-state index < -0.39 is 27.5 Å². The first-order valence-corrected chi connectivity index (χ1v) is 17.9. The van der Waals surface area contributed by atoms with Crippen molar-refractivity contribution in [3.8, 4) is 11.5 Å². The summed E-state index contributed by atoms with van der Waals surface area (Å²) in [5.74, 6) is 0.616. The van der Waals surface area contributed by atoms with Crippen molar-refractivity contribution in [1.82, 2.24) is 20.1 Å². The number of nitrogens with one attached hydrogen (secondary N) is 1. The van der Waals surface area contributed by atoms with Gasteiger partial charge in [0.05, 0.1) is 47.1 Å². The number of nitrogens with zero attached hydrogens (tertiary/aromatic N) is 4. The molecule has 0 aliphatic carbocycles. The van der Waals surface area contributed by atoms with Gasteiger partial charge in [0.2, 0.25) is 5.89 Å². The first-order valence-electron chi connectivity index (χ1n) is 15.7. The number of hydrogen-bond donors (Lipinski definition) is 1.